The van der Waals surface area contributed by atoms with E-state index in [1.807, 2.05) is 63.2 Å². The van der Waals surface area contributed by atoms with E-state index in [1.165, 1.54) is 5.56 Å². The standard InChI is InChI=1S/C25H26N4O3/c1-15-7-10-18(11-8-15)17(3)26-22(30)5-4-6-23-28-24(29-32-23)20-14-19-12-9-16(2)13-21(19)27-25(20)31/h7-14,17H,4-6H2,1-3H3,(H,26,30)(H,27,31). The van der Waals surface area contributed by atoms with Crippen molar-refractivity contribution in [3.63, 3.8) is 0 Å². The van der Waals surface area contributed by atoms with Crippen LogP contribution in [0.15, 0.2) is 57.8 Å². The summed E-state index contributed by atoms with van der Waals surface area (Å²) in [5.74, 6) is 0.628. The van der Waals surface area contributed by atoms with Crippen molar-refractivity contribution in [2.75, 3.05) is 0 Å². The summed E-state index contributed by atoms with van der Waals surface area (Å²) in [7, 11) is 0. The Morgan fingerprint density at radius 3 is 2.62 bits per heavy atom. The van der Waals surface area contributed by atoms with Crippen LogP contribution in [0.1, 0.15) is 48.4 Å². The molecule has 1 amide bonds. The molecule has 164 valence electrons. The number of amides is 1. The van der Waals surface area contributed by atoms with E-state index in [1.54, 1.807) is 6.07 Å². The van der Waals surface area contributed by atoms with Gasteiger partial charge in [0.15, 0.2) is 0 Å². The van der Waals surface area contributed by atoms with Gasteiger partial charge < -0.3 is 14.8 Å². The van der Waals surface area contributed by atoms with Gasteiger partial charge >= 0.3 is 0 Å². The minimum Gasteiger partial charge on any atom is -0.350 e. The molecule has 0 radical (unpaired) electrons. The number of carbonyl (C=O) groups is 1. The number of H-pyrrole nitrogens is 1. The summed E-state index contributed by atoms with van der Waals surface area (Å²) in [6.45, 7) is 5.97. The first kappa shape index (κ1) is 21.5. The topological polar surface area (TPSA) is 101 Å². The monoisotopic (exact) mass is 430 g/mol. The third-order valence-electron chi connectivity index (χ3n) is 5.46. The molecule has 2 N–H and O–H groups in total. The highest BCUT2D eigenvalue weighted by molar-refractivity contribution is 5.82. The molecule has 0 spiro atoms. The van der Waals surface area contributed by atoms with Crippen molar-refractivity contribution in [3.8, 4) is 11.4 Å². The molecule has 4 aromatic rings. The number of benzene rings is 2. The first-order chi connectivity index (χ1) is 15.4. The van der Waals surface area contributed by atoms with Gasteiger partial charge in [0, 0.05) is 18.4 Å². The van der Waals surface area contributed by atoms with Gasteiger partial charge in [0.1, 0.15) is 0 Å². The molecule has 4 rings (SSSR count). The van der Waals surface area contributed by atoms with E-state index >= 15 is 0 Å². The van der Waals surface area contributed by atoms with E-state index in [4.69, 9.17) is 4.52 Å². The van der Waals surface area contributed by atoms with Crippen LogP contribution in [0.2, 0.25) is 0 Å². The van der Waals surface area contributed by atoms with Crippen molar-refractivity contribution in [1.29, 1.82) is 0 Å². The van der Waals surface area contributed by atoms with E-state index in [9.17, 15) is 9.59 Å². The van der Waals surface area contributed by atoms with Crippen LogP contribution >= 0.6 is 0 Å². The van der Waals surface area contributed by atoms with Gasteiger partial charge in [0.2, 0.25) is 17.6 Å². The maximum atomic E-state index is 12.5. The first-order valence-corrected chi connectivity index (χ1v) is 10.7. The number of pyridine rings is 1. The van der Waals surface area contributed by atoms with Gasteiger partial charge in [-0.05, 0) is 55.8 Å². The summed E-state index contributed by atoms with van der Waals surface area (Å²) >= 11 is 0. The summed E-state index contributed by atoms with van der Waals surface area (Å²) in [4.78, 5) is 32.0. The average molecular weight is 431 g/mol. The molecule has 7 nitrogen and oxygen atoms in total. The average Bonchev–Trinajstić information content (AvgIpc) is 3.22. The first-order valence-electron chi connectivity index (χ1n) is 10.7. The third-order valence-corrected chi connectivity index (χ3v) is 5.46. The van der Waals surface area contributed by atoms with E-state index in [0.717, 1.165) is 22.0 Å². The van der Waals surface area contributed by atoms with Crippen molar-refractivity contribution >= 4 is 16.8 Å². The highest BCUT2D eigenvalue weighted by atomic mass is 16.5. The number of carbonyl (C=O) groups excluding carboxylic acids is 1. The second-order valence-electron chi connectivity index (χ2n) is 8.17. The fourth-order valence-corrected chi connectivity index (χ4v) is 3.60. The van der Waals surface area contributed by atoms with Crippen molar-refractivity contribution in [3.05, 3.63) is 81.5 Å². The smallest absolute Gasteiger partial charge is 0.259 e. The lowest BCUT2D eigenvalue weighted by atomic mass is 10.1. The molecule has 1 atom stereocenters. The SMILES string of the molecule is Cc1ccc(C(C)NC(=O)CCCc2nc(-c3cc4ccc(C)cc4[nH]c3=O)no2)cc1. The molecule has 32 heavy (non-hydrogen) atoms. The lowest BCUT2D eigenvalue weighted by molar-refractivity contribution is -0.121. The Morgan fingerprint density at radius 2 is 1.84 bits per heavy atom. The number of rotatable bonds is 7. The molecule has 1 unspecified atom stereocenters. The van der Waals surface area contributed by atoms with Crippen LogP contribution in [0.5, 0.6) is 0 Å². The lowest BCUT2D eigenvalue weighted by Gasteiger charge is -2.14. The van der Waals surface area contributed by atoms with E-state index < -0.39 is 0 Å². The quantitative estimate of drug-likeness (QED) is 0.453. The van der Waals surface area contributed by atoms with E-state index in [-0.39, 0.29) is 23.3 Å². The van der Waals surface area contributed by atoms with Crippen LogP contribution in [-0.4, -0.2) is 21.0 Å². The van der Waals surface area contributed by atoms with Gasteiger partial charge in [0.05, 0.1) is 11.6 Å². The molecule has 0 aliphatic carbocycles. The summed E-state index contributed by atoms with van der Waals surface area (Å²) < 4.78 is 5.30. The number of hydrogen-bond donors (Lipinski definition) is 2. The zero-order chi connectivity index (χ0) is 22.7. The molecule has 0 bridgehead atoms. The van der Waals surface area contributed by atoms with Crippen molar-refractivity contribution in [1.82, 2.24) is 20.4 Å². The van der Waals surface area contributed by atoms with Gasteiger partial charge in [-0.25, -0.2) is 0 Å². The zero-order valence-electron chi connectivity index (χ0n) is 18.4. The zero-order valence-corrected chi connectivity index (χ0v) is 18.4. The van der Waals surface area contributed by atoms with Gasteiger partial charge in [-0.15, -0.1) is 0 Å². The Bertz CT molecular complexity index is 1310. The maximum Gasteiger partial charge on any atom is 0.259 e. The lowest BCUT2D eigenvalue weighted by Crippen LogP contribution is -2.26. The maximum absolute atomic E-state index is 12.5. The van der Waals surface area contributed by atoms with Gasteiger partial charge in [-0.3, -0.25) is 9.59 Å². The minimum atomic E-state index is -0.264. The van der Waals surface area contributed by atoms with E-state index in [2.05, 4.69) is 20.4 Å². The Labute approximate surface area is 185 Å². The number of aromatic amines is 1. The molecule has 0 saturated carbocycles. The molecule has 2 aromatic heterocycles. The Balaban J connectivity index is 1.34. The number of fused-ring (bicyclic) bond motifs is 1. The molecular formula is C25H26N4O3. The summed E-state index contributed by atoms with van der Waals surface area (Å²) in [5, 5.41) is 7.87. The Hall–Kier alpha value is -3.74. The molecule has 0 fully saturated rings. The highest BCUT2D eigenvalue weighted by Gasteiger charge is 2.14. The predicted molar refractivity (Wildman–Crippen MR) is 123 cm³/mol. The molecular weight excluding hydrogens is 404 g/mol. The minimum absolute atomic E-state index is 0.0286. The number of aryl methyl sites for hydroxylation is 3. The third kappa shape index (κ3) is 4.94. The second kappa shape index (κ2) is 9.18. The Kier molecular flexibility index (Phi) is 6.16. The number of hydrogen-bond acceptors (Lipinski definition) is 5. The summed E-state index contributed by atoms with van der Waals surface area (Å²) in [6, 6.07) is 15.7. The van der Waals surface area contributed by atoms with Gasteiger partial charge in [-0.1, -0.05) is 47.1 Å². The molecule has 0 aliphatic rings. The molecule has 2 heterocycles. The highest BCUT2D eigenvalue weighted by Crippen LogP contribution is 2.19. The fourth-order valence-electron chi connectivity index (χ4n) is 3.60. The van der Waals surface area contributed by atoms with Gasteiger partial charge in [-0.2, -0.15) is 4.98 Å². The normalized spacial score (nSPS) is 12.1. The molecule has 0 aliphatic heterocycles. The van der Waals surface area contributed by atoms with Crippen LogP contribution in [0, 0.1) is 13.8 Å². The van der Waals surface area contributed by atoms with Crippen LogP contribution in [0.4, 0.5) is 0 Å². The predicted octanol–water partition coefficient (Wildman–Crippen LogP) is 4.40. The van der Waals surface area contributed by atoms with Crippen molar-refractivity contribution in [2.24, 2.45) is 0 Å². The van der Waals surface area contributed by atoms with Crippen molar-refractivity contribution < 1.29 is 9.32 Å². The summed E-state index contributed by atoms with van der Waals surface area (Å²) in [5.41, 5.74) is 4.20. The van der Waals surface area contributed by atoms with Crippen LogP contribution in [-0.2, 0) is 11.2 Å². The fraction of sp³-hybridized carbons (Fsp3) is 0.280. The van der Waals surface area contributed by atoms with Crippen LogP contribution in [0.25, 0.3) is 22.3 Å². The van der Waals surface area contributed by atoms with E-state index in [0.29, 0.717) is 30.7 Å². The summed E-state index contributed by atoms with van der Waals surface area (Å²) in [6.07, 6.45) is 1.38. The number of nitrogens with one attached hydrogen (secondary N) is 2. The second-order valence-corrected chi connectivity index (χ2v) is 8.17. The van der Waals surface area contributed by atoms with Crippen LogP contribution in [0.3, 0.4) is 0 Å². The molecule has 2 aromatic carbocycles. The number of aromatic nitrogens is 3. The molecule has 7 heteroatoms. The molecule has 0 saturated heterocycles. The van der Waals surface area contributed by atoms with Crippen LogP contribution < -0.4 is 10.9 Å². The van der Waals surface area contributed by atoms with Crippen molar-refractivity contribution in [2.45, 2.75) is 46.1 Å². The number of nitrogens with zero attached hydrogens (tertiary/aromatic N) is 2. The largest absolute Gasteiger partial charge is 0.350 e. The van der Waals surface area contributed by atoms with Gasteiger partial charge in [0.25, 0.3) is 5.56 Å². The Morgan fingerprint density at radius 1 is 1.09 bits per heavy atom.